The first-order chi connectivity index (χ1) is 15.0. The number of rotatable bonds is 2. The number of para-hydroxylation sites is 1. The zero-order valence-electron chi connectivity index (χ0n) is 16.9. The molecule has 0 radical (unpaired) electrons. The number of benzene rings is 3. The van der Waals surface area contributed by atoms with E-state index in [0.717, 1.165) is 26.9 Å². The van der Waals surface area contributed by atoms with E-state index in [-0.39, 0.29) is 11.7 Å². The molecule has 2 aliphatic rings. The number of carbonyl (C=O) groups is 1. The molecule has 0 unspecified atom stereocenters. The summed E-state index contributed by atoms with van der Waals surface area (Å²) in [7, 11) is 1.97. The summed E-state index contributed by atoms with van der Waals surface area (Å²) in [5.74, 6) is -0.509. The van der Waals surface area contributed by atoms with Crippen LogP contribution in [0.2, 0.25) is 0 Å². The summed E-state index contributed by atoms with van der Waals surface area (Å²) >= 11 is 2.93. The van der Waals surface area contributed by atoms with Crippen LogP contribution in [0.15, 0.2) is 92.6 Å². The zero-order valence-corrected chi connectivity index (χ0v) is 18.5. The Labute approximate surface area is 188 Å². The Hall–Kier alpha value is -3.03. The molecule has 1 amide bonds. The van der Waals surface area contributed by atoms with Gasteiger partial charge in [0.25, 0.3) is 5.91 Å². The van der Waals surface area contributed by atoms with Gasteiger partial charge < -0.3 is 4.90 Å². The van der Waals surface area contributed by atoms with Gasteiger partial charge in [-0.15, -0.1) is 0 Å². The van der Waals surface area contributed by atoms with E-state index in [4.69, 9.17) is 4.99 Å². The molecular weight excluding hydrogens is 429 g/mol. The summed E-state index contributed by atoms with van der Waals surface area (Å²) in [6, 6.07) is 21.8. The third kappa shape index (κ3) is 3.64. The second-order valence-electron chi connectivity index (χ2n) is 7.22. The Kier molecular flexibility index (Phi) is 5.08. The number of nitrogens with zero attached hydrogens (tertiary/aromatic N) is 3. The number of amidine groups is 1. The lowest BCUT2D eigenvalue weighted by atomic mass is 10.2. The SMILES string of the molecule is Cc1cccc(N=C2SC(=C3Sc4ccccc4N3C)C(=O)N2c2ccc(F)cc2)c1. The van der Waals surface area contributed by atoms with E-state index in [2.05, 4.69) is 0 Å². The molecule has 7 heteroatoms. The summed E-state index contributed by atoms with van der Waals surface area (Å²) in [4.78, 5) is 23.7. The quantitative estimate of drug-likeness (QED) is 0.431. The number of carbonyl (C=O) groups excluding carboxylic acids is 1. The maximum atomic E-state index is 13.6. The van der Waals surface area contributed by atoms with E-state index in [1.807, 2.05) is 67.4 Å². The van der Waals surface area contributed by atoms with Crippen molar-refractivity contribution in [2.75, 3.05) is 16.8 Å². The first kappa shape index (κ1) is 19.9. The number of halogens is 1. The van der Waals surface area contributed by atoms with Gasteiger partial charge in [0.1, 0.15) is 10.7 Å². The third-order valence-electron chi connectivity index (χ3n) is 5.03. The van der Waals surface area contributed by atoms with Gasteiger partial charge in [-0.2, -0.15) is 0 Å². The predicted molar refractivity (Wildman–Crippen MR) is 127 cm³/mol. The van der Waals surface area contributed by atoms with Crippen molar-refractivity contribution in [3.05, 3.63) is 94.1 Å². The van der Waals surface area contributed by atoms with Crippen molar-refractivity contribution in [3.8, 4) is 0 Å². The first-order valence-electron chi connectivity index (χ1n) is 9.69. The summed E-state index contributed by atoms with van der Waals surface area (Å²) in [6.07, 6.45) is 0. The molecule has 3 aromatic rings. The van der Waals surface area contributed by atoms with Gasteiger partial charge in [0.2, 0.25) is 0 Å². The van der Waals surface area contributed by atoms with E-state index in [9.17, 15) is 9.18 Å². The Morgan fingerprint density at radius 1 is 0.935 bits per heavy atom. The molecule has 0 N–H and O–H groups in total. The van der Waals surface area contributed by atoms with Crippen molar-refractivity contribution in [1.82, 2.24) is 0 Å². The van der Waals surface area contributed by atoms with Crippen LogP contribution in [-0.4, -0.2) is 18.1 Å². The summed E-state index contributed by atoms with van der Waals surface area (Å²) in [5.41, 5.74) is 3.51. The van der Waals surface area contributed by atoms with Crippen molar-refractivity contribution in [1.29, 1.82) is 0 Å². The average molecular weight is 448 g/mol. The van der Waals surface area contributed by atoms with Gasteiger partial charge in [-0.1, -0.05) is 36.0 Å². The molecule has 0 atom stereocenters. The van der Waals surface area contributed by atoms with Crippen LogP contribution in [0.3, 0.4) is 0 Å². The number of fused-ring (bicyclic) bond motifs is 1. The van der Waals surface area contributed by atoms with Crippen molar-refractivity contribution in [2.24, 2.45) is 4.99 Å². The van der Waals surface area contributed by atoms with Crippen LogP contribution in [0.25, 0.3) is 0 Å². The van der Waals surface area contributed by atoms with Gasteiger partial charge in [0, 0.05) is 11.9 Å². The molecule has 0 aliphatic carbocycles. The highest BCUT2D eigenvalue weighted by molar-refractivity contribution is 8.20. The number of hydrogen-bond donors (Lipinski definition) is 0. The van der Waals surface area contributed by atoms with E-state index >= 15 is 0 Å². The Bertz CT molecular complexity index is 1250. The van der Waals surface area contributed by atoms with E-state index < -0.39 is 0 Å². The molecule has 1 saturated heterocycles. The fourth-order valence-electron chi connectivity index (χ4n) is 3.50. The third-order valence-corrected chi connectivity index (χ3v) is 7.42. The van der Waals surface area contributed by atoms with Crippen LogP contribution in [-0.2, 0) is 4.79 Å². The highest BCUT2D eigenvalue weighted by atomic mass is 32.2. The Balaban J connectivity index is 1.62. The normalized spacial score (nSPS) is 19.5. The number of anilines is 2. The topological polar surface area (TPSA) is 35.9 Å². The maximum Gasteiger partial charge on any atom is 0.274 e. The molecule has 5 rings (SSSR count). The number of amides is 1. The molecule has 31 heavy (non-hydrogen) atoms. The van der Waals surface area contributed by atoms with E-state index in [1.54, 1.807) is 28.8 Å². The maximum absolute atomic E-state index is 13.6. The molecular formula is C24H18FN3OS2. The molecule has 0 aromatic heterocycles. The first-order valence-corrected chi connectivity index (χ1v) is 11.3. The molecule has 0 bridgehead atoms. The highest BCUT2D eigenvalue weighted by Gasteiger charge is 2.40. The average Bonchev–Trinajstić information content (AvgIpc) is 3.26. The largest absolute Gasteiger partial charge is 0.337 e. The highest BCUT2D eigenvalue weighted by Crippen LogP contribution is 2.50. The lowest BCUT2D eigenvalue weighted by Crippen LogP contribution is -2.29. The number of aliphatic imine (C=N–C) groups is 1. The Morgan fingerprint density at radius 2 is 1.71 bits per heavy atom. The summed E-state index contributed by atoms with van der Waals surface area (Å²) in [6.45, 7) is 2.00. The number of hydrogen-bond acceptors (Lipinski definition) is 5. The number of thioether (sulfide) groups is 2. The van der Waals surface area contributed by atoms with Gasteiger partial charge in [-0.05, 0) is 72.8 Å². The predicted octanol–water partition coefficient (Wildman–Crippen LogP) is 6.31. The molecule has 0 saturated carbocycles. The van der Waals surface area contributed by atoms with Gasteiger partial charge in [0.15, 0.2) is 5.17 Å². The van der Waals surface area contributed by atoms with Crippen molar-refractivity contribution >= 4 is 51.7 Å². The van der Waals surface area contributed by atoms with Crippen LogP contribution in [0.4, 0.5) is 21.5 Å². The fourth-order valence-corrected chi connectivity index (χ4v) is 5.85. The van der Waals surface area contributed by atoms with Crippen LogP contribution in [0.1, 0.15) is 5.56 Å². The van der Waals surface area contributed by atoms with Gasteiger partial charge in [0.05, 0.1) is 22.1 Å². The number of aryl methyl sites for hydroxylation is 1. The molecule has 1 fully saturated rings. The van der Waals surface area contributed by atoms with E-state index in [1.165, 1.54) is 23.9 Å². The van der Waals surface area contributed by atoms with Crippen LogP contribution >= 0.6 is 23.5 Å². The monoisotopic (exact) mass is 447 g/mol. The summed E-state index contributed by atoms with van der Waals surface area (Å²) < 4.78 is 13.5. The minimum Gasteiger partial charge on any atom is -0.337 e. The molecule has 154 valence electrons. The molecule has 2 aliphatic heterocycles. The molecule has 0 spiro atoms. The molecule has 2 heterocycles. The molecule has 3 aromatic carbocycles. The summed E-state index contributed by atoms with van der Waals surface area (Å²) in [5, 5.41) is 1.42. The van der Waals surface area contributed by atoms with Crippen LogP contribution < -0.4 is 9.80 Å². The minimum atomic E-state index is -0.347. The lowest BCUT2D eigenvalue weighted by molar-refractivity contribution is -0.113. The van der Waals surface area contributed by atoms with Gasteiger partial charge in [-0.25, -0.2) is 9.38 Å². The second kappa shape index (κ2) is 7.90. The second-order valence-corrected chi connectivity index (χ2v) is 9.22. The van der Waals surface area contributed by atoms with Crippen LogP contribution in [0, 0.1) is 12.7 Å². The fraction of sp³-hybridized carbons (Fsp3) is 0.0833. The van der Waals surface area contributed by atoms with Gasteiger partial charge >= 0.3 is 0 Å². The molecule has 4 nitrogen and oxygen atoms in total. The van der Waals surface area contributed by atoms with Crippen LogP contribution in [0.5, 0.6) is 0 Å². The van der Waals surface area contributed by atoms with E-state index in [0.29, 0.717) is 15.8 Å². The lowest BCUT2D eigenvalue weighted by Gasteiger charge is -2.16. The van der Waals surface area contributed by atoms with Crippen molar-refractivity contribution in [2.45, 2.75) is 11.8 Å². The Morgan fingerprint density at radius 3 is 2.45 bits per heavy atom. The smallest absolute Gasteiger partial charge is 0.274 e. The van der Waals surface area contributed by atoms with Gasteiger partial charge in [-0.3, -0.25) is 9.69 Å². The van der Waals surface area contributed by atoms with Crippen molar-refractivity contribution in [3.63, 3.8) is 0 Å². The zero-order chi connectivity index (χ0) is 21.5. The van der Waals surface area contributed by atoms with Crippen molar-refractivity contribution < 1.29 is 9.18 Å². The standard InChI is InChI=1S/C24H18FN3OS2/c1-15-6-5-7-17(14-15)26-24-28(18-12-10-16(25)11-13-18)22(29)21(31-24)23-27(2)19-8-3-4-9-20(19)30-23/h3-14H,1-2H3. The minimum absolute atomic E-state index is 0.162.